The van der Waals surface area contributed by atoms with E-state index in [0.717, 1.165) is 0 Å². The van der Waals surface area contributed by atoms with E-state index in [1.54, 1.807) is 30.6 Å². The molecule has 188 valence electrons. The van der Waals surface area contributed by atoms with Crippen molar-refractivity contribution in [2.75, 3.05) is 11.9 Å². The van der Waals surface area contributed by atoms with Crippen LogP contribution in [0.15, 0.2) is 72.0 Å². The Hall–Kier alpha value is -4.23. The van der Waals surface area contributed by atoms with Gasteiger partial charge < -0.3 is 20.7 Å². The molecule has 13 heteroatoms. The highest BCUT2D eigenvalue weighted by atomic mass is 32.2. The Labute approximate surface area is 206 Å². The van der Waals surface area contributed by atoms with Gasteiger partial charge in [-0.05, 0) is 43.5 Å². The summed E-state index contributed by atoms with van der Waals surface area (Å²) in [4.78, 5) is 32.7. The van der Waals surface area contributed by atoms with Crippen LogP contribution in [0.1, 0.15) is 29.6 Å². The molecule has 2 heterocycles. The Morgan fingerprint density at radius 2 is 1.86 bits per heavy atom. The molecule has 1 atom stereocenters. The number of benzene rings is 2. The Morgan fingerprint density at radius 3 is 2.58 bits per heavy atom. The third-order valence-electron chi connectivity index (χ3n) is 5.55. The number of carbonyl (C=O) groups is 2. The fourth-order valence-electron chi connectivity index (χ4n) is 3.74. The van der Waals surface area contributed by atoms with Gasteiger partial charge in [-0.15, -0.1) is 0 Å². The van der Waals surface area contributed by atoms with E-state index in [9.17, 15) is 23.1 Å². The summed E-state index contributed by atoms with van der Waals surface area (Å²) >= 11 is 0. The van der Waals surface area contributed by atoms with Gasteiger partial charge in [-0.1, -0.05) is 24.3 Å². The van der Waals surface area contributed by atoms with Crippen LogP contribution in [0.2, 0.25) is 0 Å². The molecule has 2 aromatic carbocycles. The van der Waals surface area contributed by atoms with Gasteiger partial charge in [0.05, 0.1) is 22.2 Å². The number of anilines is 1. The number of imidazole rings is 1. The lowest BCUT2D eigenvalue weighted by atomic mass is 10.0. The number of hydrogen-bond donors (Lipinski definition) is 6. The van der Waals surface area contributed by atoms with Crippen LogP contribution in [0.3, 0.4) is 0 Å². The first-order valence-corrected chi connectivity index (χ1v) is 12.6. The van der Waals surface area contributed by atoms with E-state index in [1.165, 1.54) is 36.5 Å². The Kier molecular flexibility index (Phi) is 7.31. The predicted molar refractivity (Wildman–Crippen MR) is 132 cm³/mol. The first kappa shape index (κ1) is 24.9. The highest BCUT2D eigenvalue weighted by Gasteiger charge is 2.44. The number of carboxylic acids is 1. The standard InChI is InChI=1S/C23H25N7O5S/c31-20(17-9-6-10-19-18(17)15-27-29-19)28-23(21(32)33,11-4-5-12-24-22-25-13-14-26-22)30-36(34,35)16-7-2-1-3-8-16/h1-3,6-10,13-15,30H,4-5,11-12H2,(H,27,29)(H,28,31)(H,32,33)(H2,24,25,26). The first-order chi connectivity index (χ1) is 17.3. The van der Waals surface area contributed by atoms with Crippen LogP contribution >= 0.6 is 0 Å². The average molecular weight is 512 g/mol. The molecule has 0 aliphatic carbocycles. The highest BCUT2D eigenvalue weighted by Crippen LogP contribution is 2.21. The van der Waals surface area contributed by atoms with Gasteiger partial charge in [0.2, 0.25) is 15.7 Å². The quantitative estimate of drug-likeness (QED) is 0.123. The number of aromatic amines is 2. The number of H-pyrrole nitrogens is 2. The number of unbranched alkanes of at least 4 members (excludes halogenated alkanes) is 1. The summed E-state index contributed by atoms with van der Waals surface area (Å²) in [7, 11) is -4.30. The summed E-state index contributed by atoms with van der Waals surface area (Å²) in [5.74, 6) is -1.73. The zero-order chi connectivity index (χ0) is 25.6. The summed E-state index contributed by atoms with van der Waals surface area (Å²) in [6, 6.07) is 12.2. The highest BCUT2D eigenvalue weighted by molar-refractivity contribution is 7.89. The second-order valence-electron chi connectivity index (χ2n) is 8.04. The van der Waals surface area contributed by atoms with Crippen LogP contribution in [0.25, 0.3) is 10.9 Å². The first-order valence-electron chi connectivity index (χ1n) is 11.1. The van der Waals surface area contributed by atoms with Gasteiger partial charge in [0, 0.05) is 24.3 Å². The van der Waals surface area contributed by atoms with E-state index in [-0.39, 0.29) is 23.3 Å². The van der Waals surface area contributed by atoms with Crippen molar-refractivity contribution in [3.8, 4) is 0 Å². The van der Waals surface area contributed by atoms with Crippen molar-refractivity contribution in [1.29, 1.82) is 0 Å². The topological polar surface area (TPSA) is 182 Å². The Bertz CT molecular complexity index is 1440. The predicted octanol–water partition coefficient (Wildman–Crippen LogP) is 2.06. The fourth-order valence-corrected chi connectivity index (χ4v) is 5.07. The van der Waals surface area contributed by atoms with E-state index < -0.39 is 27.6 Å². The molecule has 0 fully saturated rings. The molecule has 4 aromatic rings. The second-order valence-corrected chi connectivity index (χ2v) is 9.72. The van der Waals surface area contributed by atoms with Crippen LogP contribution in [-0.4, -0.2) is 57.8 Å². The summed E-state index contributed by atoms with van der Waals surface area (Å²) in [5, 5.41) is 22.9. The van der Waals surface area contributed by atoms with Crippen molar-refractivity contribution in [1.82, 2.24) is 30.2 Å². The number of carboxylic acid groups (broad SMARTS) is 1. The van der Waals surface area contributed by atoms with Gasteiger partial charge in [0.15, 0.2) is 5.95 Å². The van der Waals surface area contributed by atoms with Crippen LogP contribution in [0.4, 0.5) is 5.95 Å². The molecular weight excluding hydrogens is 486 g/mol. The molecular formula is C23H25N7O5S. The monoisotopic (exact) mass is 511 g/mol. The molecule has 0 bridgehead atoms. The maximum absolute atomic E-state index is 13.3. The third-order valence-corrected chi connectivity index (χ3v) is 7.06. The molecule has 0 radical (unpaired) electrons. The summed E-state index contributed by atoms with van der Waals surface area (Å²) in [6.45, 7) is 0.455. The van der Waals surface area contributed by atoms with Gasteiger partial charge in [-0.25, -0.2) is 18.2 Å². The zero-order valence-electron chi connectivity index (χ0n) is 19.1. The summed E-state index contributed by atoms with van der Waals surface area (Å²) in [6.07, 6.45) is 5.24. The lowest BCUT2D eigenvalue weighted by molar-refractivity contribution is -0.145. The van der Waals surface area contributed by atoms with E-state index in [2.05, 4.69) is 35.5 Å². The number of nitrogens with one attached hydrogen (secondary N) is 5. The molecule has 1 unspecified atom stereocenters. The molecule has 2 aromatic heterocycles. The SMILES string of the molecule is O=C(NC(CCCCNc1ncc[nH]1)(NS(=O)(=O)c1ccccc1)C(=O)O)c1cccc2[nH]ncc12. The van der Waals surface area contributed by atoms with Crippen LogP contribution in [0, 0.1) is 0 Å². The summed E-state index contributed by atoms with van der Waals surface area (Å²) < 4.78 is 28.5. The van der Waals surface area contributed by atoms with E-state index in [4.69, 9.17) is 0 Å². The molecule has 0 saturated carbocycles. The Morgan fingerprint density at radius 1 is 1.06 bits per heavy atom. The van der Waals surface area contributed by atoms with Crippen molar-refractivity contribution in [2.45, 2.75) is 29.8 Å². The molecule has 1 amide bonds. The fraction of sp³-hybridized carbons (Fsp3) is 0.217. The number of hydrogen-bond acceptors (Lipinski definition) is 7. The van der Waals surface area contributed by atoms with Crippen molar-refractivity contribution < 1.29 is 23.1 Å². The summed E-state index contributed by atoms with van der Waals surface area (Å²) in [5.41, 5.74) is -1.56. The minimum atomic E-state index is -4.30. The van der Waals surface area contributed by atoms with Crippen LogP contribution in [-0.2, 0) is 14.8 Å². The number of aromatic nitrogens is 4. The van der Waals surface area contributed by atoms with Gasteiger partial charge in [-0.2, -0.15) is 9.82 Å². The number of sulfonamides is 1. The zero-order valence-corrected chi connectivity index (χ0v) is 19.9. The molecule has 0 saturated heterocycles. The van der Waals surface area contributed by atoms with Crippen molar-refractivity contribution in [3.05, 3.63) is 72.7 Å². The molecule has 12 nitrogen and oxygen atoms in total. The minimum Gasteiger partial charge on any atom is -0.478 e. The second kappa shape index (κ2) is 10.6. The van der Waals surface area contributed by atoms with Crippen molar-refractivity contribution in [2.24, 2.45) is 0 Å². The molecule has 0 aliphatic heterocycles. The molecule has 6 N–H and O–H groups in total. The normalized spacial score (nSPS) is 13.2. The number of fused-ring (bicyclic) bond motifs is 1. The maximum atomic E-state index is 13.3. The average Bonchev–Trinajstić information content (AvgIpc) is 3.56. The van der Waals surface area contributed by atoms with E-state index in [0.29, 0.717) is 29.8 Å². The van der Waals surface area contributed by atoms with Gasteiger partial charge in [0.1, 0.15) is 0 Å². The number of amides is 1. The maximum Gasteiger partial charge on any atom is 0.345 e. The molecule has 4 rings (SSSR count). The van der Waals surface area contributed by atoms with Gasteiger partial charge in [0.25, 0.3) is 5.91 Å². The van der Waals surface area contributed by atoms with Crippen molar-refractivity contribution >= 4 is 38.8 Å². The number of carbonyl (C=O) groups excluding carboxylic acids is 1. The van der Waals surface area contributed by atoms with E-state index in [1.807, 2.05) is 0 Å². The number of rotatable bonds is 12. The molecule has 36 heavy (non-hydrogen) atoms. The van der Waals surface area contributed by atoms with Gasteiger partial charge >= 0.3 is 5.97 Å². The minimum absolute atomic E-state index is 0.124. The lowest BCUT2D eigenvalue weighted by Gasteiger charge is -2.31. The van der Waals surface area contributed by atoms with E-state index >= 15 is 0 Å². The number of nitrogens with zero attached hydrogens (tertiary/aromatic N) is 2. The smallest absolute Gasteiger partial charge is 0.345 e. The third kappa shape index (κ3) is 5.53. The van der Waals surface area contributed by atoms with Crippen LogP contribution < -0.4 is 15.4 Å². The van der Waals surface area contributed by atoms with Crippen LogP contribution in [0.5, 0.6) is 0 Å². The molecule has 0 spiro atoms. The van der Waals surface area contributed by atoms with Crippen molar-refractivity contribution in [3.63, 3.8) is 0 Å². The van der Waals surface area contributed by atoms with Gasteiger partial charge in [-0.3, -0.25) is 9.89 Å². The number of aliphatic carboxylic acids is 1. The largest absolute Gasteiger partial charge is 0.478 e. The Balaban J connectivity index is 1.59. The molecule has 0 aliphatic rings. The lowest BCUT2D eigenvalue weighted by Crippen LogP contribution is -2.65.